The highest BCUT2D eigenvalue weighted by Crippen LogP contribution is 2.21. The Bertz CT molecular complexity index is 930. The SMILES string of the molecule is Cc1cccc2nc(/C(Cl)=C/c3ccc(Br)cc3)cc(=O)n12. The van der Waals surface area contributed by atoms with E-state index in [2.05, 4.69) is 20.9 Å². The Morgan fingerprint density at radius 3 is 2.68 bits per heavy atom. The van der Waals surface area contributed by atoms with E-state index in [-0.39, 0.29) is 5.56 Å². The first-order valence-corrected chi connectivity index (χ1v) is 7.84. The number of halogens is 2. The molecule has 0 atom stereocenters. The minimum Gasteiger partial charge on any atom is -0.269 e. The van der Waals surface area contributed by atoms with Gasteiger partial charge < -0.3 is 0 Å². The zero-order valence-corrected chi connectivity index (χ0v) is 14.1. The van der Waals surface area contributed by atoms with Crippen molar-refractivity contribution in [3.63, 3.8) is 0 Å². The Labute approximate surface area is 141 Å². The Hall–Kier alpha value is -1.91. The fourth-order valence-electron chi connectivity index (χ4n) is 2.22. The molecule has 3 nitrogen and oxygen atoms in total. The molecule has 0 fully saturated rings. The van der Waals surface area contributed by atoms with Crippen LogP contribution in [0.25, 0.3) is 16.8 Å². The van der Waals surface area contributed by atoms with E-state index >= 15 is 0 Å². The number of aromatic nitrogens is 2. The molecule has 0 amide bonds. The van der Waals surface area contributed by atoms with Crippen molar-refractivity contribution in [3.05, 3.63) is 80.3 Å². The van der Waals surface area contributed by atoms with Gasteiger partial charge in [0.05, 0.1) is 10.7 Å². The normalized spacial score (nSPS) is 11.9. The van der Waals surface area contributed by atoms with E-state index in [0.29, 0.717) is 16.4 Å². The van der Waals surface area contributed by atoms with E-state index in [9.17, 15) is 4.79 Å². The molecule has 110 valence electrons. The maximum atomic E-state index is 12.3. The molecule has 0 N–H and O–H groups in total. The van der Waals surface area contributed by atoms with Gasteiger partial charge in [-0.05, 0) is 42.8 Å². The molecule has 5 heteroatoms. The number of nitrogens with zero attached hydrogens (tertiary/aromatic N) is 2. The van der Waals surface area contributed by atoms with E-state index in [4.69, 9.17) is 11.6 Å². The predicted molar refractivity (Wildman–Crippen MR) is 94.1 cm³/mol. The fourth-order valence-corrected chi connectivity index (χ4v) is 2.70. The summed E-state index contributed by atoms with van der Waals surface area (Å²) in [5.41, 5.74) is 2.71. The molecule has 3 aromatic rings. The molecule has 0 bridgehead atoms. The minimum atomic E-state index is -0.138. The molecule has 2 heterocycles. The number of benzene rings is 1. The molecule has 0 spiro atoms. The minimum absolute atomic E-state index is 0.138. The van der Waals surface area contributed by atoms with Crippen molar-refractivity contribution < 1.29 is 0 Å². The van der Waals surface area contributed by atoms with Gasteiger partial charge in [-0.2, -0.15) is 0 Å². The smallest absolute Gasteiger partial charge is 0.258 e. The zero-order chi connectivity index (χ0) is 15.7. The molecule has 2 aromatic heterocycles. The van der Waals surface area contributed by atoms with Crippen molar-refractivity contribution in [1.29, 1.82) is 0 Å². The molecule has 0 unspecified atom stereocenters. The summed E-state index contributed by atoms with van der Waals surface area (Å²) in [4.78, 5) is 16.7. The number of fused-ring (bicyclic) bond motifs is 1. The first-order chi connectivity index (χ1) is 10.5. The second-order valence-electron chi connectivity index (χ2n) is 4.88. The zero-order valence-electron chi connectivity index (χ0n) is 11.8. The number of rotatable bonds is 2. The van der Waals surface area contributed by atoms with Crippen LogP contribution in [0, 0.1) is 6.92 Å². The maximum Gasteiger partial charge on any atom is 0.258 e. The van der Waals surface area contributed by atoms with Gasteiger partial charge in [0.2, 0.25) is 0 Å². The lowest BCUT2D eigenvalue weighted by atomic mass is 10.2. The van der Waals surface area contributed by atoms with Gasteiger partial charge in [-0.15, -0.1) is 0 Å². The summed E-state index contributed by atoms with van der Waals surface area (Å²) in [6.45, 7) is 1.87. The summed E-state index contributed by atoms with van der Waals surface area (Å²) < 4.78 is 2.56. The van der Waals surface area contributed by atoms with Gasteiger partial charge in [0.15, 0.2) is 0 Å². The Kier molecular flexibility index (Phi) is 4.14. The number of hydrogen-bond donors (Lipinski definition) is 0. The lowest BCUT2D eigenvalue weighted by Gasteiger charge is -2.06. The van der Waals surface area contributed by atoms with Crippen molar-refractivity contribution in [1.82, 2.24) is 9.38 Å². The number of pyridine rings is 1. The molecular formula is C17H12BrClN2O. The highest BCUT2D eigenvalue weighted by atomic mass is 79.9. The van der Waals surface area contributed by atoms with Crippen LogP contribution in [0.2, 0.25) is 0 Å². The standard InChI is InChI=1S/C17H12BrClN2O/c1-11-3-2-4-16-20-15(10-17(22)21(11)16)14(19)9-12-5-7-13(18)8-6-12/h2-10H,1H3/b14-9-. The van der Waals surface area contributed by atoms with Gasteiger partial charge in [-0.1, -0.05) is 45.7 Å². The Balaban J connectivity index is 2.10. The van der Waals surface area contributed by atoms with Crippen molar-refractivity contribution in [2.24, 2.45) is 0 Å². The van der Waals surface area contributed by atoms with Gasteiger partial charge in [0.1, 0.15) is 5.65 Å². The highest BCUT2D eigenvalue weighted by molar-refractivity contribution is 9.10. The van der Waals surface area contributed by atoms with Crippen LogP contribution in [0.4, 0.5) is 0 Å². The molecule has 1 aromatic carbocycles. The summed E-state index contributed by atoms with van der Waals surface area (Å²) in [5, 5.41) is 0.434. The highest BCUT2D eigenvalue weighted by Gasteiger charge is 2.07. The fraction of sp³-hybridized carbons (Fsp3) is 0.0588. The molecule has 0 aliphatic carbocycles. The van der Waals surface area contributed by atoms with Gasteiger partial charge >= 0.3 is 0 Å². The van der Waals surface area contributed by atoms with E-state index in [0.717, 1.165) is 15.7 Å². The van der Waals surface area contributed by atoms with Crippen LogP contribution < -0.4 is 5.56 Å². The largest absolute Gasteiger partial charge is 0.269 e. The predicted octanol–water partition coefficient (Wildman–Crippen LogP) is 4.50. The van der Waals surface area contributed by atoms with Gasteiger partial charge in [-0.3, -0.25) is 9.20 Å². The van der Waals surface area contributed by atoms with Gasteiger partial charge in [0, 0.05) is 16.2 Å². The third kappa shape index (κ3) is 2.98. The van der Waals surface area contributed by atoms with E-state index in [1.54, 1.807) is 16.5 Å². The average molecular weight is 376 g/mol. The summed E-state index contributed by atoms with van der Waals surface area (Å²) in [6, 6.07) is 14.7. The van der Waals surface area contributed by atoms with Crippen LogP contribution in [0.1, 0.15) is 17.0 Å². The molecule has 0 radical (unpaired) electrons. The second kappa shape index (κ2) is 6.07. The van der Waals surface area contributed by atoms with E-state index in [1.807, 2.05) is 43.3 Å². The van der Waals surface area contributed by atoms with Crippen molar-refractivity contribution in [2.45, 2.75) is 6.92 Å². The summed E-state index contributed by atoms with van der Waals surface area (Å²) in [7, 11) is 0. The topological polar surface area (TPSA) is 34.4 Å². The van der Waals surface area contributed by atoms with Crippen LogP contribution in [0.15, 0.2) is 57.8 Å². The summed E-state index contributed by atoms with van der Waals surface area (Å²) >= 11 is 9.72. The van der Waals surface area contributed by atoms with Crippen molar-refractivity contribution in [3.8, 4) is 0 Å². The third-order valence-electron chi connectivity index (χ3n) is 3.29. The Morgan fingerprint density at radius 2 is 1.95 bits per heavy atom. The first-order valence-electron chi connectivity index (χ1n) is 6.67. The van der Waals surface area contributed by atoms with Crippen LogP contribution in [0.5, 0.6) is 0 Å². The molecule has 0 aliphatic rings. The van der Waals surface area contributed by atoms with Crippen LogP contribution >= 0.6 is 27.5 Å². The van der Waals surface area contributed by atoms with Crippen LogP contribution in [-0.2, 0) is 0 Å². The molecular weight excluding hydrogens is 364 g/mol. The van der Waals surface area contributed by atoms with Crippen molar-refractivity contribution >= 4 is 44.3 Å². The lowest BCUT2D eigenvalue weighted by molar-refractivity contribution is 0.986. The molecule has 0 saturated carbocycles. The third-order valence-corrected chi connectivity index (χ3v) is 4.12. The van der Waals surface area contributed by atoms with Crippen molar-refractivity contribution in [2.75, 3.05) is 0 Å². The number of hydrogen-bond acceptors (Lipinski definition) is 2. The second-order valence-corrected chi connectivity index (χ2v) is 6.21. The molecule has 0 aliphatic heterocycles. The van der Waals surface area contributed by atoms with Gasteiger partial charge in [-0.25, -0.2) is 4.98 Å². The van der Waals surface area contributed by atoms with E-state index < -0.39 is 0 Å². The monoisotopic (exact) mass is 374 g/mol. The lowest BCUT2D eigenvalue weighted by Crippen LogP contribution is -2.16. The average Bonchev–Trinajstić information content (AvgIpc) is 2.49. The maximum absolute atomic E-state index is 12.3. The quantitative estimate of drug-likeness (QED) is 0.661. The molecule has 3 rings (SSSR count). The Morgan fingerprint density at radius 1 is 1.23 bits per heavy atom. The van der Waals surface area contributed by atoms with Gasteiger partial charge in [0.25, 0.3) is 5.56 Å². The summed E-state index contributed by atoms with van der Waals surface area (Å²) in [6.07, 6.45) is 1.79. The van der Waals surface area contributed by atoms with Crippen LogP contribution in [0.3, 0.4) is 0 Å². The summed E-state index contributed by atoms with van der Waals surface area (Å²) in [5.74, 6) is 0. The molecule has 22 heavy (non-hydrogen) atoms. The first kappa shape index (κ1) is 15.0. The molecule has 0 saturated heterocycles. The number of aryl methyl sites for hydroxylation is 1. The van der Waals surface area contributed by atoms with Crippen LogP contribution in [-0.4, -0.2) is 9.38 Å². The van der Waals surface area contributed by atoms with E-state index in [1.165, 1.54) is 6.07 Å².